The highest BCUT2D eigenvalue weighted by molar-refractivity contribution is 5.75. The summed E-state index contributed by atoms with van der Waals surface area (Å²) in [4.78, 5) is 15.8. The average molecular weight is 139 g/mol. The van der Waals surface area contributed by atoms with Gasteiger partial charge in [-0.05, 0) is 6.42 Å². The topological polar surface area (TPSA) is 38.3 Å². The molecule has 1 N–H and O–H groups in total. The summed E-state index contributed by atoms with van der Waals surface area (Å²) < 4.78 is 0. The minimum Gasteiger partial charge on any atom is -0.273 e. The molecular weight excluding hydrogens is 130 g/mol. The van der Waals surface area contributed by atoms with Gasteiger partial charge < -0.3 is 0 Å². The largest absolute Gasteiger partial charge is 0.273 e. The standard InChI is InChI=1S/C7H9NO2/c9-7-4-5-2-1-3-6(5)10-8-7/h1,3,5-6H,2,4H2,(H,8,9)/t5-,6-/m0/s1. The fourth-order valence-electron chi connectivity index (χ4n) is 1.43. The number of rotatable bonds is 0. The Morgan fingerprint density at radius 1 is 1.70 bits per heavy atom. The number of nitrogens with one attached hydrogen (secondary N) is 1. The Hall–Kier alpha value is -0.830. The molecule has 3 heteroatoms. The van der Waals surface area contributed by atoms with Crippen LogP contribution in [0, 0.1) is 5.92 Å². The molecule has 0 saturated carbocycles. The molecule has 1 aliphatic heterocycles. The van der Waals surface area contributed by atoms with Crippen molar-refractivity contribution in [1.29, 1.82) is 0 Å². The Morgan fingerprint density at radius 2 is 2.60 bits per heavy atom. The summed E-state index contributed by atoms with van der Waals surface area (Å²) in [5.74, 6) is 0.402. The molecule has 2 rings (SSSR count). The number of carbonyl (C=O) groups excluding carboxylic acids is 1. The number of hydrogen-bond acceptors (Lipinski definition) is 2. The van der Waals surface area contributed by atoms with Crippen molar-refractivity contribution in [2.75, 3.05) is 0 Å². The second-order valence-corrected chi connectivity index (χ2v) is 2.74. The van der Waals surface area contributed by atoms with Gasteiger partial charge in [-0.1, -0.05) is 12.2 Å². The first-order chi connectivity index (χ1) is 4.86. The molecule has 0 aromatic heterocycles. The van der Waals surface area contributed by atoms with Crippen molar-refractivity contribution in [2.24, 2.45) is 5.92 Å². The maximum Gasteiger partial charge on any atom is 0.243 e. The number of amides is 1. The van der Waals surface area contributed by atoms with Crippen LogP contribution in [0.2, 0.25) is 0 Å². The van der Waals surface area contributed by atoms with Gasteiger partial charge in [-0.25, -0.2) is 5.48 Å². The Bertz CT molecular complexity index is 188. The van der Waals surface area contributed by atoms with Gasteiger partial charge in [0, 0.05) is 12.3 Å². The third-order valence-corrected chi connectivity index (χ3v) is 1.99. The number of carbonyl (C=O) groups is 1. The van der Waals surface area contributed by atoms with Crippen LogP contribution in [-0.4, -0.2) is 12.0 Å². The van der Waals surface area contributed by atoms with Crippen molar-refractivity contribution in [3.8, 4) is 0 Å². The lowest BCUT2D eigenvalue weighted by Crippen LogP contribution is -2.39. The third-order valence-electron chi connectivity index (χ3n) is 1.99. The molecule has 10 heavy (non-hydrogen) atoms. The SMILES string of the molecule is O=C1C[C@@H]2CC=C[C@@H]2ON1. The zero-order valence-electron chi connectivity index (χ0n) is 5.54. The average Bonchev–Trinajstić information content (AvgIpc) is 2.33. The van der Waals surface area contributed by atoms with Crippen LogP contribution >= 0.6 is 0 Å². The van der Waals surface area contributed by atoms with E-state index in [0.29, 0.717) is 12.3 Å². The molecule has 0 spiro atoms. The van der Waals surface area contributed by atoms with E-state index in [1.54, 1.807) is 0 Å². The summed E-state index contributed by atoms with van der Waals surface area (Å²) >= 11 is 0. The number of fused-ring (bicyclic) bond motifs is 1. The van der Waals surface area contributed by atoms with Crippen LogP contribution in [0.15, 0.2) is 12.2 Å². The fourth-order valence-corrected chi connectivity index (χ4v) is 1.43. The molecule has 0 aromatic rings. The molecular formula is C7H9NO2. The molecule has 2 aliphatic rings. The van der Waals surface area contributed by atoms with E-state index in [9.17, 15) is 4.79 Å². The van der Waals surface area contributed by atoms with E-state index in [4.69, 9.17) is 4.84 Å². The molecule has 2 atom stereocenters. The van der Waals surface area contributed by atoms with Gasteiger partial charge in [0.1, 0.15) is 6.10 Å². The summed E-state index contributed by atoms with van der Waals surface area (Å²) in [6.07, 6.45) is 5.80. The highest BCUT2D eigenvalue weighted by Crippen LogP contribution is 2.26. The van der Waals surface area contributed by atoms with Crippen molar-refractivity contribution >= 4 is 5.91 Å². The summed E-state index contributed by atoms with van der Waals surface area (Å²) in [5.41, 5.74) is 2.36. The lowest BCUT2D eigenvalue weighted by atomic mass is 10.00. The first kappa shape index (κ1) is 5.92. The lowest BCUT2D eigenvalue weighted by Gasteiger charge is -2.24. The highest BCUT2D eigenvalue weighted by Gasteiger charge is 2.30. The quantitative estimate of drug-likeness (QED) is 0.493. The van der Waals surface area contributed by atoms with Gasteiger partial charge in [-0.15, -0.1) is 0 Å². The molecule has 1 heterocycles. The van der Waals surface area contributed by atoms with E-state index in [0.717, 1.165) is 6.42 Å². The van der Waals surface area contributed by atoms with Crippen LogP contribution in [0.3, 0.4) is 0 Å². The van der Waals surface area contributed by atoms with Crippen molar-refractivity contribution in [1.82, 2.24) is 5.48 Å². The molecule has 1 amide bonds. The Morgan fingerprint density at radius 3 is 3.50 bits per heavy atom. The molecule has 54 valence electrons. The maximum atomic E-state index is 10.7. The molecule has 0 radical (unpaired) electrons. The molecule has 0 bridgehead atoms. The predicted molar refractivity (Wildman–Crippen MR) is 34.9 cm³/mol. The van der Waals surface area contributed by atoms with Gasteiger partial charge in [-0.2, -0.15) is 0 Å². The second-order valence-electron chi connectivity index (χ2n) is 2.74. The Balaban J connectivity index is 2.07. The summed E-state index contributed by atoms with van der Waals surface area (Å²) in [7, 11) is 0. The normalized spacial score (nSPS) is 37.4. The maximum absolute atomic E-state index is 10.7. The fraction of sp³-hybridized carbons (Fsp3) is 0.571. The number of hydrogen-bond donors (Lipinski definition) is 1. The smallest absolute Gasteiger partial charge is 0.243 e. The van der Waals surface area contributed by atoms with Crippen LogP contribution in [0.1, 0.15) is 12.8 Å². The van der Waals surface area contributed by atoms with E-state index in [-0.39, 0.29) is 12.0 Å². The minimum atomic E-state index is 0.00458. The van der Waals surface area contributed by atoms with Crippen molar-refractivity contribution in [3.63, 3.8) is 0 Å². The van der Waals surface area contributed by atoms with E-state index >= 15 is 0 Å². The molecule has 1 saturated heterocycles. The van der Waals surface area contributed by atoms with Crippen LogP contribution < -0.4 is 5.48 Å². The zero-order chi connectivity index (χ0) is 6.97. The van der Waals surface area contributed by atoms with Crippen LogP contribution in [-0.2, 0) is 9.63 Å². The monoisotopic (exact) mass is 139 g/mol. The van der Waals surface area contributed by atoms with Gasteiger partial charge in [-0.3, -0.25) is 9.63 Å². The van der Waals surface area contributed by atoms with Crippen molar-refractivity contribution < 1.29 is 9.63 Å². The summed E-state index contributed by atoms with van der Waals surface area (Å²) in [6, 6.07) is 0. The van der Waals surface area contributed by atoms with Crippen LogP contribution in [0.25, 0.3) is 0 Å². The minimum absolute atomic E-state index is 0.00458. The van der Waals surface area contributed by atoms with E-state index < -0.39 is 0 Å². The van der Waals surface area contributed by atoms with Gasteiger partial charge in [0.25, 0.3) is 0 Å². The molecule has 0 unspecified atom stereocenters. The van der Waals surface area contributed by atoms with Crippen LogP contribution in [0.5, 0.6) is 0 Å². The van der Waals surface area contributed by atoms with E-state index in [1.165, 1.54) is 0 Å². The van der Waals surface area contributed by atoms with Crippen molar-refractivity contribution in [2.45, 2.75) is 18.9 Å². The predicted octanol–water partition coefficient (Wildman–Crippen LogP) is 0.383. The first-order valence-corrected chi connectivity index (χ1v) is 3.47. The van der Waals surface area contributed by atoms with Gasteiger partial charge >= 0.3 is 0 Å². The van der Waals surface area contributed by atoms with Gasteiger partial charge in [0.05, 0.1) is 0 Å². The van der Waals surface area contributed by atoms with Gasteiger partial charge in [0.2, 0.25) is 5.91 Å². The first-order valence-electron chi connectivity index (χ1n) is 3.47. The third kappa shape index (κ3) is 0.827. The molecule has 0 aromatic carbocycles. The summed E-state index contributed by atoms with van der Waals surface area (Å²) in [5, 5.41) is 0. The highest BCUT2D eigenvalue weighted by atomic mass is 16.7. The lowest BCUT2D eigenvalue weighted by molar-refractivity contribution is -0.148. The van der Waals surface area contributed by atoms with Gasteiger partial charge in [0.15, 0.2) is 0 Å². The Labute approximate surface area is 59.0 Å². The molecule has 3 nitrogen and oxygen atoms in total. The molecule has 1 fully saturated rings. The zero-order valence-corrected chi connectivity index (χ0v) is 5.54. The van der Waals surface area contributed by atoms with Crippen LogP contribution in [0.4, 0.5) is 0 Å². The number of hydroxylamine groups is 1. The second kappa shape index (κ2) is 2.09. The van der Waals surface area contributed by atoms with Crippen molar-refractivity contribution in [3.05, 3.63) is 12.2 Å². The molecule has 1 aliphatic carbocycles. The van der Waals surface area contributed by atoms with E-state index in [1.807, 2.05) is 6.08 Å². The summed E-state index contributed by atoms with van der Waals surface area (Å²) in [6.45, 7) is 0. The Kier molecular flexibility index (Phi) is 1.24. The number of allylic oxidation sites excluding steroid dienone is 1. The van der Waals surface area contributed by atoms with E-state index in [2.05, 4.69) is 11.6 Å².